The van der Waals surface area contributed by atoms with Crippen molar-refractivity contribution in [3.05, 3.63) is 66.5 Å². The summed E-state index contributed by atoms with van der Waals surface area (Å²) >= 11 is 0. The molecule has 1 aliphatic heterocycles. The largest absolute Gasteiger partial charge is 0.325 e. The number of benzene rings is 2. The predicted molar refractivity (Wildman–Crippen MR) is 110 cm³/mol. The maximum Gasteiger partial charge on any atom is 0.228 e. The minimum Gasteiger partial charge on any atom is -0.325 e. The van der Waals surface area contributed by atoms with E-state index in [9.17, 15) is 4.79 Å². The number of hydrogen-bond acceptors (Lipinski definition) is 4. The van der Waals surface area contributed by atoms with Crippen molar-refractivity contribution in [1.82, 2.24) is 19.7 Å². The maximum atomic E-state index is 13.0. The second kappa shape index (κ2) is 8.35. The first-order valence-electron chi connectivity index (χ1n) is 9.71. The summed E-state index contributed by atoms with van der Waals surface area (Å²) in [6.45, 7) is 2.71. The van der Waals surface area contributed by atoms with Gasteiger partial charge < -0.3 is 9.88 Å². The molecule has 28 heavy (non-hydrogen) atoms. The molecule has 1 unspecified atom stereocenters. The Morgan fingerprint density at radius 3 is 2.71 bits per heavy atom. The molecule has 6 nitrogen and oxygen atoms in total. The average molecular weight is 375 g/mol. The van der Waals surface area contributed by atoms with Crippen molar-refractivity contribution >= 4 is 11.6 Å². The Hall–Kier alpha value is -2.99. The molecule has 1 atom stereocenters. The number of likely N-dealkylation sites (tertiary alicyclic amines) is 1. The standard InChI is InChI=1S/C22H25N5O/c1-26-16-23-25-21(26)19-11-5-6-12-20(19)24-22(28)18-10-7-13-27(15-18)14-17-8-3-2-4-9-17/h2-6,8-9,11-12,16,18H,7,10,13-15H2,1H3,(H,24,28). The number of rotatable bonds is 5. The van der Waals surface area contributed by atoms with Crippen LogP contribution in [-0.2, 0) is 18.4 Å². The van der Waals surface area contributed by atoms with Crippen LogP contribution in [0.5, 0.6) is 0 Å². The number of carbonyl (C=O) groups excluding carboxylic acids is 1. The van der Waals surface area contributed by atoms with Crippen molar-refractivity contribution in [3.8, 4) is 11.4 Å². The van der Waals surface area contributed by atoms with Crippen LogP contribution in [0.15, 0.2) is 60.9 Å². The summed E-state index contributed by atoms with van der Waals surface area (Å²) in [5, 5.41) is 11.3. The third kappa shape index (κ3) is 4.12. The van der Waals surface area contributed by atoms with Gasteiger partial charge in [-0.1, -0.05) is 42.5 Å². The molecule has 2 aromatic carbocycles. The van der Waals surface area contributed by atoms with E-state index in [0.29, 0.717) is 0 Å². The Labute approximate surface area is 165 Å². The minimum atomic E-state index is -0.00925. The predicted octanol–water partition coefficient (Wildman–Crippen LogP) is 3.33. The van der Waals surface area contributed by atoms with Gasteiger partial charge in [0.25, 0.3) is 0 Å². The molecule has 144 valence electrons. The number of nitrogens with one attached hydrogen (secondary N) is 1. The van der Waals surface area contributed by atoms with Crippen LogP contribution in [0.2, 0.25) is 0 Å². The number of aromatic nitrogens is 3. The van der Waals surface area contributed by atoms with E-state index < -0.39 is 0 Å². The van der Waals surface area contributed by atoms with Crippen LogP contribution in [0.3, 0.4) is 0 Å². The Morgan fingerprint density at radius 1 is 1.14 bits per heavy atom. The molecule has 4 rings (SSSR count). The van der Waals surface area contributed by atoms with Crippen LogP contribution in [0.25, 0.3) is 11.4 Å². The lowest BCUT2D eigenvalue weighted by atomic mass is 9.96. The second-order valence-corrected chi connectivity index (χ2v) is 7.36. The molecule has 1 fully saturated rings. The fourth-order valence-electron chi connectivity index (χ4n) is 3.80. The van der Waals surface area contributed by atoms with Crippen molar-refractivity contribution in [3.63, 3.8) is 0 Å². The lowest BCUT2D eigenvalue weighted by Crippen LogP contribution is -2.40. The molecule has 0 spiro atoms. The number of carbonyl (C=O) groups is 1. The van der Waals surface area contributed by atoms with Gasteiger partial charge in [-0.25, -0.2) is 0 Å². The van der Waals surface area contributed by atoms with Gasteiger partial charge in [-0.3, -0.25) is 9.69 Å². The number of aryl methyl sites for hydroxylation is 1. The second-order valence-electron chi connectivity index (χ2n) is 7.36. The van der Waals surface area contributed by atoms with Crippen LogP contribution in [0.1, 0.15) is 18.4 Å². The number of para-hydroxylation sites is 1. The fourth-order valence-corrected chi connectivity index (χ4v) is 3.80. The van der Waals surface area contributed by atoms with Crippen molar-refractivity contribution < 1.29 is 4.79 Å². The van der Waals surface area contributed by atoms with E-state index in [1.165, 1.54) is 5.56 Å². The Balaban J connectivity index is 1.45. The molecule has 1 N–H and O–H groups in total. The minimum absolute atomic E-state index is 0.00925. The van der Waals surface area contributed by atoms with E-state index in [1.54, 1.807) is 6.33 Å². The van der Waals surface area contributed by atoms with Crippen LogP contribution >= 0.6 is 0 Å². The van der Waals surface area contributed by atoms with Crippen molar-refractivity contribution in [2.75, 3.05) is 18.4 Å². The van der Waals surface area contributed by atoms with E-state index >= 15 is 0 Å². The van der Waals surface area contributed by atoms with E-state index in [2.05, 4.69) is 44.7 Å². The van der Waals surface area contributed by atoms with E-state index in [4.69, 9.17) is 0 Å². The zero-order valence-corrected chi connectivity index (χ0v) is 16.1. The van der Waals surface area contributed by atoms with Crippen molar-refractivity contribution in [2.24, 2.45) is 13.0 Å². The maximum absolute atomic E-state index is 13.0. The molecular formula is C22H25N5O. The van der Waals surface area contributed by atoms with Gasteiger partial charge in [-0.2, -0.15) is 0 Å². The lowest BCUT2D eigenvalue weighted by molar-refractivity contribution is -0.121. The van der Waals surface area contributed by atoms with Gasteiger partial charge in [0.2, 0.25) is 5.91 Å². The molecule has 0 bridgehead atoms. The smallest absolute Gasteiger partial charge is 0.228 e. The number of piperidine rings is 1. The molecule has 6 heteroatoms. The summed E-state index contributed by atoms with van der Waals surface area (Å²) in [5.74, 6) is 0.808. The van der Waals surface area contributed by atoms with Gasteiger partial charge in [-0.15, -0.1) is 10.2 Å². The van der Waals surface area contributed by atoms with Gasteiger partial charge in [0.05, 0.1) is 11.6 Å². The molecule has 1 aliphatic rings. The highest BCUT2D eigenvalue weighted by molar-refractivity contribution is 5.96. The van der Waals surface area contributed by atoms with Crippen LogP contribution in [0.4, 0.5) is 5.69 Å². The monoisotopic (exact) mass is 375 g/mol. The Bertz CT molecular complexity index is 937. The van der Waals surface area contributed by atoms with Crippen LogP contribution in [-0.4, -0.2) is 38.7 Å². The molecule has 0 aliphatic carbocycles. The highest BCUT2D eigenvalue weighted by atomic mass is 16.1. The highest BCUT2D eigenvalue weighted by Crippen LogP contribution is 2.27. The summed E-state index contributed by atoms with van der Waals surface area (Å²) in [6.07, 6.45) is 3.62. The van der Waals surface area contributed by atoms with Crippen molar-refractivity contribution in [1.29, 1.82) is 0 Å². The first-order chi connectivity index (χ1) is 13.7. The first kappa shape index (κ1) is 18.4. The third-order valence-corrected chi connectivity index (χ3v) is 5.26. The fraction of sp³-hybridized carbons (Fsp3) is 0.318. The zero-order chi connectivity index (χ0) is 19.3. The SMILES string of the molecule is Cn1cnnc1-c1ccccc1NC(=O)C1CCCN(Cc2ccccc2)C1. The molecule has 1 aromatic heterocycles. The first-order valence-corrected chi connectivity index (χ1v) is 9.71. The summed E-state index contributed by atoms with van der Waals surface area (Å²) in [6, 6.07) is 18.2. The van der Waals surface area contributed by atoms with Crippen LogP contribution in [0, 0.1) is 5.92 Å². The van der Waals surface area contributed by atoms with Gasteiger partial charge in [0.1, 0.15) is 6.33 Å². The van der Waals surface area contributed by atoms with Gasteiger partial charge in [0.15, 0.2) is 5.82 Å². The van der Waals surface area contributed by atoms with Gasteiger partial charge >= 0.3 is 0 Å². The normalized spacial score (nSPS) is 17.4. The summed E-state index contributed by atoms with van der Waals surface area (Å²) in [5.41, 5.74) is 2.95. The van der Waals surface area contributed by atoms with Crippen molar-refractivity contribution in [2.45, 2.75) is 19.4 Å². The lowest BCUT2D eigenvalue weighted by Gasteiger charge is -2.32. The molecule has 1 amide bonds. The van der Waals surface area contributed by atoms with Gasteiger partial charge in [-0.05, 0) is 37.1 Å². The van der Waals surface area contributed by atoms with Gasteiger partial charge in [0, 0.05) is 25.7 Å². The summed E-state index contributed by atoms with van der Waals surface area (Å²) in [4.78, 5) is 15.4. The molecule has 1 saturated heterocycles. The summed E-state index contributed by atoms with van der Waals surface area (Å²) in [7, 11) is 1.90. The molecule has 0 saturated carbocycles. The molecule has 0 radical (unpaired) electrons. The average Bonchev–Trinajstić information content (AvgIpc) is 3.15. The van der Waals surface area contributed by atoms with E-state index in [-0.39, 0.29) is 11.8 Å². The van der Waals surface area contributed by atoms with E-state index in [1.807, 2.05) is 41.9 Å². The van der Waals surface area contributed by atoms with E-state index in [0.717, 1.165) is 49.6 Å². The topological polar surface area (TPSA) is 63.1 Å². The number of hydrogen-bond donors (Lipinski definition) is 1. The quantitative estimate of drug-likeness (QED) is 0.743. The number of amides is 1. The Kier molecular flexibility index (Phi) is 5.48. The number of anilines is 1. The molecular weight excluding hydrogens is 350 g/mol. The Morgan fingerprint density at radius 2 is 1.93 bits per heavy atom. The highest BCUT2D eigenvalue weighted by Gasteiger charge is 2.26. The number of nitrogens with zero attached hydrogens (tertiary/aromatic N) is 4. The third-order valence-electron chi connectivity index (χ3n) is 5.26. The molecule has 3 aromatic rings. The zero-order valence-electron chi connectivity index (χ0n) is 16.1. The summed E-state index contributed by atoms with van der Waals surface area (Å²) < 4.78 is 1.85. The van der Waals surface area contributed by atoms with Crippen LogP contribution < -0.4 is 5.32 Å². The molecule has 2 heterocycles.